The van der Waals surface area contributed by atoms with Crippen molar-refractivity contribution in [2.45, 2.75) is 27.2 Å². The van der Waals surface area contributed by atoms with Crippen LogP contribution in [0.3, 0.4) is 0 Å². The number of thioether (sulfide) groups is 1. The van der Waals surface area contributed by atoms with Gasteiger partial charge in [0.2, 0.25) is 0 Å². The van der Waals surface area contributed by atoms with Crippen molar-refractivity contribution in [1.82, 2.24) is 0 Å². The summed E-state index contributed by atoms with van der Waals surface area (Å²) in [7, 11) is 0. The SMILES string of the molecule is CSC(=S)[C@H](C)[C@H](C)CC(C)=O. The molecule has 0 aromatic rings. The summed E-state index contributed by atoms with van der Waals surface area (Å²) < 4.78 is 1.00. The number of hydrogen-bond donors (Lipinski definition) is 0. The van der Waals surface area contributed by atoms with Gasteiger partial charge >= 0.3 is 0 Å². The maximum Gasteiger partial charge on any atom is 0.130 e. The molecule has 0 aromatic heterocycles. The number of rotatable bonds is 4. The van der Waals surface area contributed by atoms with Gasteiger partial charge in [0, 0.05) is 12.3 Å². The van der Waals surface area contributed by atoms with Crippen LogP contribution in [-0.2, 0) is 4.79 Å². The fourth-order valence-electron chi connectivity index (χ4n) is 1.05. The molecule has 0 fully saturated rings. The van der Waals surface area contributed by atoms with Crippen molar-refractivity contribution in [1.29, 1.82) is 0 Å². The quantitative estimate of drug-likeness (QED) is 0.655. The molecule has 0 unspecified atom stereocenters. The smallest absolute Gasteiger partial charge is 0.130 e. The maximum absolute atomic E-state index is 10.8. The minimum absolute atomic E-state index is 0.248. The van der Waals surface area contributed by atoms with E-state index < -0.39 is 0 Å². The van der Waals surface area contributed by atoms with Crippen LogP contribution in [0.25, 0.3) is 0 Å². The first kappa shape index (κ1) is 12.1. The second kappa shape index (κ2) is 5.70. The molecule has 0 bridgehead atoms. The average Bonchev–Trinajstić information content (AvgIpc) is 2.00. The molecule has 0 radical (unpaired) electrons. The van der Waals surface area contributed by atoms with Crippen molar-refractivity contribution in [3.05, 3.63) is 0 Å². The molecular formula is C9H16OS2. The topological polar surface area (TPSA) is 17.1 Å². The Morgan fingerprint density at radius 1 is 1.50 bits per heavy atom. The zero-order valence-electron chi connectivity index (χ0n) is 8.09. The van der Waals surface area contributed by atoms with Crippen molar-refractivity contribution in [3.8, 4) is 0 Å². The summed E-state index contributed by atoms with van der Waals surface area (Å²) in [6, 6.07) is 0. The molecule has 0 N–H and O–H groups in total. The summed E-state index contributed by atoms with van der Waals surface area (Å²) in [5.74, 6) is 0.986. The minimum Gasteiger partial charge on any atom is -0.300 e. The van der Waals surface area contributed by atoms with Crippen LogP contribution in [0.1, 0.15) is 27.2 Å². The van der Waals surface area contributed by atoms with Crippen LogP contribution in [0.5, 0.6) is 0 Å². The van der Waals surface area contributed by atoms with Crippen molar-refractivity contribution in [2.24, 2.45) is 11.8 Å². The van der Waals surface area contributed by atoms with Crippen LogP contribution >= 0.6 is 24.0 Å². The molecule has 3 heteroatoms. The van der Waals surface area contributed by atoms with Gasteiger partial charge in [-0.2, -0.15) is 0 Å². The predicted molar refractivity (Wildman–Crippen MR) is 59.7 cm³/mol. The Morgan fingerprint density at radius 3 is 2.33 bits per heavy atom. The highest BCUT2D eigenvalue weighted by atomic mass is 32.2. The lowest BCUT2D eigenvalue weighted by molar-refractivity contribution is -0.117. The lowest BCUT2D eigenvalue weighted by Crippen LogP contribution is -2.16. The first-order valence-electron chi connectivity index (χ1n) is 4.06. The highest BCUT2D eigenvalue weighted by molar-refractivity contribution is 8.22. The standard InChI is InChI=1S/C9H16OS2/c1-6(5-7(2)10)8(3)9(11)12-4/h6,8H,5H2,1-4H3/t6-,8-/m1/s1. The molecule has 0 saturated heterocycles. The third-order valence-electron chi connectivity index (χ3n) is 2.04. The molecule has 12 heavy (non-hydrogen) atoms. The van der Waals surface area contributed by atoms with Crippen LogP contribution in [0.4, 0.5) is 0 Å². The van der Waals surface area contributed by atoms with Gasteiger partial charge in [0.05, 0.1) is 4.20 Å². The lowest BCUT2D eigenvalue weighted by Gasteiger charge is -2.18. The Kier molecular flexibility index (Phi) is 5.76. The monoisotopic (exact) mass is 204 g/mol. The second-order valence-corrected chi connectivity index (χ2v) is 4.74. The molecule has 0 aliphatic carbocycles. The molecule has 70 valence electrons. The summed E-state index contributed by atoms with van der Waals surface area (Å²) in [5, 5.41) is 0. The van der Waals surface area contributed by atoms with Crippen molar-refractivity contribution < 1.29 is 4.79 Å². The molecule has 0 aromatic carbocycles. The summed E-state index contributed by atoms with van der Waals surface area (Å²) in [4.78, 5) is 10.8. The van der Waals surface area contributed by atoms with Crippen LogP contribution in [-0.4, -0.2) is 16.2 Å². The van der Waals surface area contributed by atoms with E-state index in [0.717, 1.165) is 4.20 Å². The van der Waals surface area contributed by atoms with E-state index in [1.54, 1.807) is 18.7 Å². The maximum atomic E-state index is 10.8. The summed E-state index contributed by atoms with van der Waals surface area (Å²) in [6.45, 7) is 5.80. The van der Waals surface area contributed by atoms with E-state index in [1.165, 1.54) is 0 Å². The van der Waals surface area contributed by atoms with Crippen LogP contribution in [0, 0.1) is 11.8 Å². The van der Waals surface area contributed by atoms with Gasteiger partial charge in [0.15, 0.2) is 0 Å². The third-order valence-corrected chi connectivity index (χ3v) is 3.68. The third kappa shape index (κ3) is 4.21. The van der Waals surface area contributed by atoms with Crippen LogP contribution < -0.4 is 0 Å². The average molecular weight is 204 g/mol. The Hall–Kier alpha value is 0.110. The molecule has 2 atom stereocenters. The highest BCUT2D eigenvalue weighted by Gasteiger charge is 2.17. The van der Waals surface area contributed by atoms with Gasteiger partial charge in [0.25, 0.3) is 0 Å². The Bertz CT molecular complexity index is 177. The molecule has 0 amide bonds. The van der Waals surface area contributed by atoms with Crippen LogP contribution in [0.2, 0.25) is 0 Å². The van der Waals surface area contributed by atoms with Gasteiger partial charge in [-0.3, -0.25) is 0 Å². The Labute approximate surface area is 84.3 Å². The van der Waals surface area contributed by atoms with Crippen molar-refractivity contribution >= 4 is 34.0 Å². The van der Waals surface area contributed by atoms with Crippen molar-refractivity contribution in [2.75, 3.05) is 6.26 Å². The molecule has 0 rings (SSSR count). The van der Waals surface area contributed by atoms with Gasteiger partial charge < -0.3 is 4.79 Å². The first-order valence-corrected chi connectivity index (χ1v) is 5.69. The summed E-state index contributed by atoms with van der Waals surface area (Å²) in [6.07, 6.45) is 2.63. The predicted octanol–water partition coefficient (Wildman–Crippen LogP) is 2.93. The number of carbonyl (C=O) groups is 1. The first-order chi connectivity index (χ1) is 5.49. The summed E-state index contributed by atoms with van der Waals surface area (Å²) in [5.41, 5.74) is 0. The number of Topliss-reactive ketones (excluding diaryl/α,β-unsaturated/α-hetero) is 1. The zero-order chi connectivity index (χ0) is 9.72. The Morgan fingerprint density at radius 2 is 2.00 bits per heavy atom. The van der Waals surface area contributed by atoms with Gasteiger partial charge in [-0.05, 0) is 19.1 Å². The van der Waals surface area contributed by atoms with E-state index in [-0.39, 0.29) is 5.78 Å². The van der Waals surface area contributed by atoms with E-state index in [0.29, 0.717) is 18.3 Å². The number of thiocarbonyl (C=S) groups is 1. The second-order valence-electron chi connectivity index (χ2n) is 3.20. The highest BCUT2D eigenvalue weighted by Crippen LogP contribution is 2.21. The molecule has 0 aliphatic rings. The fraction of sp³-hybridized carbons (Fsp3) is 0.778. The minimum atomic E-state index is 0.248. The Balaban J connectivity index is 4.00. The lowest BCUT2D eigenvalue weighted by atomic mass is 9.93. The largest absolute Gasteiger partial charge is 0.300 e. The number of carbonyl (C=O) groups excluding carboxylic acids is 1. The molecule has 0 aliphatic heterocycles. The molecule has 1 nitrogen and oxygen atoms in total. The van der Waals surface area contributed by atoms with E-state index in [2.05, 4.69) is 13.8 Å². The van der Waals surface area contributed by atoms with Crippen LogP contribution in [0.15, 0.2) is 0 Å². The van der Waals surface area contributed by atoms with E-state index in [1.807, 2.05) is 6.26 Å². The van der Waals surface area contributed by atoms with Gasteiger partial charge in [-0.15, -0.1) is 11.8 Å². The van der Waals surface area contributed by atoms with Gasteiger partial charge in [-0.1, -0.05) is 26.1 Å². The number of hydrogen-bond acceptors (Lipinski definition) is 3. The van der Waals surface area contributed by atoms with Gasteiger partial charge in [-0.25, -0.2) is 0 Å². The molecule has 0 saturated carbocycles. The van der Waals surface area contributed by atoms with E-state index in [9.17, 15) is 4.79 Å². The van der Waals surface area contributed by atoms with E-state index >= 15 is 0 Å². The van der Waals surface area contributed by atoms with Gasteiger partial charge in [0.1, 0.15) is 5.78 Å². The van der Waals surface area contributed by atoms with Crippen molar-refractivity contribution in [3.63, 3.8) is 0 Å². The zero-order valence-corrected chi connectivity index (χ0v) is 9.72. The van der Waals surface area contributed by atoms with E-state index in [4.69, 9.17) is 12.2 Å². The molecule has 0 spiro atoms. The molecular weight excluding hydrogens is 188 g/mol. The molecule has 0 heterocycles. The number of ketones is 1. The fourth-order valence-corrected chi connectivity index (χ4v) is 1.88. The normalized spacial score (nSPS) is 15.3. The summed E-state index contributed by atoms with van der Waals surface area (Å²) >= 11 is 6.77.